The van der Waals surface area contributed by atoms with E-state index >= 15 is 0 Å². The highest BCUT2D eigenvalue weighted by Gasteiger charge is 2.31. The van der Waals surface area contributed by atoms with E-state index in [9.17, 15) is 23.4 Å². The number of benzene rings is 1. The average Bonchev–Trinajstić information content (AvgIpc) is 3.28. The fourth-order valence-corrected chi connectivity index (χ4v) is 7.13. The molecule has 14 heteroatoms. The number of imidazole rings is 1. The lowest BCUT2D eigenvalue weighted by Gasteiger charge is -2.37. The van der Waals surface area contributed by atoms with Crippen molar-refractivity contribution in [1.82, 2.24) is 28.4 Å². The molecule has 2 atom stereocenters. The van der Waals surface area contributed by atoms with E-state index in [1.165, 1.54) is 16.2 Å². The Kier molecular flexibility index (Phi) is 12.2. The van der Waals surface area contributed by atoms with Crippen LogP contribution in [0.4, 0.5) is 4.79 Å². The summed E-state index contributed by atoms with van der Waals surface area (Å²) >= 11 is -1.24. The van der Waals surface area contributed by atoms with Gasteiger partial charge >= 0.3 is 11.8 Å². The van der Waals surface area contributed by atoms with Gasteiger partial charge < -0.3 is 24.9 Å². The summed E-state index contributed by atoms with van der Waals surface area (Å²) < 4.78 is 31.4. The Labute approximate surface area is 272 Å². The van der Waals surface area contributed by atoms with Gasteiger partial charge in [0, 0.05) is 52.7 Å². The van der Waals surface area contributed by atoms with Gasteiger partial charge in [-0.1, -0.05) is 17.9 Å². The summed E-state index contributed by atoms with van der Waals surface area (Å²) in [5.74, 6) is 5.99. The lowest BCUT2D eigenvalue weighted by Crippen LogP contribution is -2.50. The molecular weight excluding hydrogens is 612 g/mol. The summed E-state index contributed by atoms with van der Waals surface area (Å²) in [5.41, 5.74) is 0.953. The highest BCUT2D eigenvalue weighted by molar-refractivity contribution is 7.80. The Morgan fingerprint density at radius 1 is 1.11 bits per heavy atom. The number of piperidine rings is 2. The molecule has 0 spiro atoms. The molecule has 2 aliphatic heterocycles. The van der Waals surface area contributed by atoms with Gasteiger partial charge in [0.25, 0.3) is 0 Å². The van der Waals surface area contributed by atoms with Crippen LogP contribution < -0.4 is 16.3 Å². The van der Waals surface area contributed by atoms with Crippen molar-refractivity contribution in [3.8, 4) is 11.8 Å². The Hall–Kier alpha value is -3.51. The minimum Gasteiger partial charge on any atom is -0.444 e. The lowest BCUT2D eigenvalue weighted by atomic mass is 10.1. The molecule has 3 heterocycles. The number of aldehydes is 1. The molecule has 1 aromatic heterocycles. The molecule has 0 saturated carbocycles. The van der Waals surface area contributed by atoms with Crippen molar-refractivity contribution >= 4 is 40.5 Å². The minimum absolute atomic E-state index is 0.00113. The fourth-order valence-electron chi connectivity index (χ4n) is 5.76. The quantitative estimate of drug-likeness (QED) is 0.294. The number of hydrogen-bond acceptors (Lipinski definition) is 7. The van der Waals surface area contributed by atoms with Crippen LogP contribution in [0, 0.1) is 11.8 Å². The molecule has 2 aromatic rings. The van der Waals surface area contributed by atoms with Gasteiger partial charge in [0.2, 0.25) is 5.91 Å². The summed E-state index contributed by atoms with van der Waals surface area (Å²) in [5, 5.41) is 5.45. The number of alkyl carbamates (subject to hydrolysis) is 1. The largest absolute Gasteiger partial charge is 0.444 e. The van der Waals surface area contributed by atoms with Gasteiger partial charge in [-0.15, -0.1) is 0 Å². The number of rotatable bonds is 10. The van der Waals surface area contributed by atoms with Crippen molar-refractivity contribution in [2.45, 2.75) is 83.1 Å². The number of carbonyl (C=O) groups is 3. The molecule has 46 heavy (non-hydrogen) atoms. The Morgan fingerprint density at radius 3 is 2.37 bits per heavy atom. The van der Waals surface area contributed by atoms with Crippen molar-refractivity contribution in [2.75, 3.05) is 39.8 Å². The van der Waals surface area contributed by atoms with Crippen molar-refractivity contribution < 1.29 is 28.1 Å². The Morgan fingerprint density at radius 2 is 1.76 bits per heavy atom. The van der Waals surface area contributed by atoms with Crippen LogP contribution in [-0.4, -0.2) is 97.8 Å². The van der Waals surface area contributed by atoms with Crippen LogP contribution in [-0.2, 0) is 37.3 Å². The first-order chi connectivity index (χ1) is 21.9. The smallest absolute Gasteiger partial charge is 0.407 e. The van der Waals surface area contributed by atoms with Crippen LogP contribution in [0.15, 0.2) is 23.0 Å². The zero-order valence-corrected chi connectivity index (χ0v) is 28.2. The monoisotopic (exact) mass is 658 g/mol. The molecule has 0 aliphatic carbocycles. The van der Waals surface area contributed by atoms with E-state index in [0.717, 1.165) is 12.8 Å². The number of fused-ring (bicyclic) bond motifs is 1. The third kappa shape index (κ3) is 9.06. The van der Waals surface area contributed by atoms with E-state index in [-0.39, 0.29) is 43.2 Å². The van der Waals surface area contributed by atoms with E-state index in [4.69, 9.17) is 9.47 Å². The first-order valence-corrected chi connectivity index (χ1v) is 16.9. The molecule has 2 N–H and O–H groups in total. The van der Waals surface area contributed by atoms with Crippen molar-refractivity contribution in [3.63, 3.8) is 0 Å². The standard InChI is InChI=1S/C32H46N6O7S/c1-32(2,3)45-30(41)34-24-13-17-36(18-14-24)46(43)37-19-15-26(16-20-37)44-21-7-9-23-8-6-10-27-29(23)35(5)31(42)38(27)25(22-39)11-12-28(40)33-4/h6,8,10,22,24-26H,11-21H2,1-5H3,(H,33,40)(H,34,41). The van der Waals surface area contributed by atoms with Gasteiger partial charge in [-0.25, -0.2) is 22.4 Å². The van der Waals surface area contributed by atoms with Crippen LogP contribution in [0.2, 0.25) is 0 Å². The minimum atomic E-state index is -1.24. The average molecular weight is 659 g/mol. The van der Waals surface area contributed by atoms with Gasteiger partial charge in [-0.3, -0.25) is 13.9 Å². The Bertz CT molecular complexity index is 1540. The number of para-hydroxylation sites is 1. The molecule has 0 bridgehead atoms. The maximum Gasteiger partial charge on any atom is 0.407 e. The number of carbonyl (C=O) groups excluding carboxylic acids is 3. The highest BCUT2D eigenvalue weighted by Crippen LogP contribution is 2.23. The zero-order chi connectivity index (χ0) is 33.4. The predicted octanol–water partition coefficient (Wildman–Crippen LogP) is 2.01. The molecule has 4 rings (SSSR count). The number of nitrogens with zero attached hydrogens (tertiary/aromatic N) is 4. The van der Waals surface area contributed by atoms with Gasteiger partial charge in [0.05, 0.1) is 28.7 Å². The van der Waals surface area contributed by atoms with Crippen LogP contribution >= 0.6 is 0 Å². The second-order valence-corrected chi connectivity index (χ2v) is 14.1. The van der Waals surface area contributed by atoms with Crippen LogP contribution in [0.3, 0.4) is 0 Å². The normalized spacial score (nSPS) is 18.4. The summed E-state index contributed by atoms with van der Waals surface area (Å²) in [4.78, 5) is 48.8. The molecule has 2 unspecified atom stereocenters. The SMILES string of the molecule is CNC(=O)CCC(C=O)n1c(=O)n(C)c2c(C#CCOC3CCN(S(=O)N4CCC(NC(=O)OC(C)(C)C)CC4)CC3)cccc21. The molecule has 13 nitrogen and oxygen atoms in total. The molecule has 2 amide bonds. The van der Waals surface area contributed by atoms with Crippen LogP contribution in [0.25, 0.3) is 11.0 Å². The predicted molar refractivity (Wildman–Crippen MR) is 175 cm³/mol. The lowest BCUT2D eigenvalue weighted by molar-refractivity contribution is -0.121. The third-order valence-corrected chi connectivity index (χ3v) is 9.78. The second-order valence-electron chi connectivity index (χ2n) is 12.6. The number of hydrogen-bond donors (Lipinski definition) is 2. The summed E-state index contributed by atoms with van der Waals surface area (Å²) in [7, 11) is 3.17. The number of aryl methyl sites for hydroxylation is 1. The molecule has 1 aromatic carbocycles. The van der Waals surface area contributed by atoms with E-state index in [1.807, 2.05) is 35.4 Å². The molecule has 2 aliphatic rings. The van der Waals surface area contributed by atoms with E-state index in [1.54, 1.807) is 19.2 Å². The topological polar surface area (TPSA) is 144 Å². The number of ether oxygens (including phenoxy) is 2. The molecule has 2 saturated heterocycles. The van der Waals surface area contributed by atoms with E-state index in [0.29, 0.717) is 61.9 Å². The Balaban J connectivity index is 1.26. The first-order valence-electron chi connectivity index (χ1n) is 15.8. The number of nitrogens with one attached hydrogen (secondary N) is 2. The van der Waals surface area contributed by atoms with Crippen LogP contribution in [0.1, 0.15) is 70.9 Å². The third-order valence-electron chi connectivity index (χ3n) is 8.17. The van der Waals surface area contributed by atoms with E-state index in [2.05, 4.69) is 22.5 Å². The summed E-state index contributed by atoms with van der Waals surface area (Å²) in [6, 6.07) is 4.63. The maximum atomic E-state index is 13.2. The van der Waals surface area contributed by atoms with E-state index < -0.39 is 28.9 Å². The van der Waals surface area contributed by atoms with Crippen molar-refractivity contribution in [2.24, 2.45) is 7.05 Å². The molecule has 252 valence electrons. The zero-order valence-electron chi connectivity index (χ0n) is 27.4. The van der Waals surface area contributed by atoms with Crippen molar-refractivity contribution in [3.05, 3.63) is 34.2 Å². The number of amides is 2. The van der Waals surface area contributed by atoms with Gasteiger partial charge in [0.15, 0.2) is 11.2 Å². The second kappa shape index (κ2) is 15.9. The highest BCUT2D eigenvalue weighted by atomic mass is 32.2. The molecular formula is C32H46N6O7S. The first kappa shape index (κ1) is 35.3. The van der Waals surface area contributed by atoms with Crippen molar-refractivity contribution in [1.29, 1.82) is 0 Å². The van der Waals surface area contributed by atoms with Gasteiger partial charge in [0.1, 0.15) is 18.5 Å². The fraction of sp³-hybridized carbons (Fsp3) is 0.625. The van der Waals surface area contributed by atoms with Gasteiger partial charge in [-0.05, 0) is 65.0 Å². The summed E-state index contributed by atoms with van der Waals surface area (Å²) in [6.07, 6.45) is 3.52. The molecule has 0 radical (unpaired) electrons. The summed E-state index contributed by atoms with van der Waals surface area (Å²) in [6.45, 7) is 8.26. The van der Waals surface area contributed by atoms with Gasteiger partial charge in [-0.2, -0.15) is 0 Å². The maximum absolute atomic E-state index is 13.2. The number of aromatic nitrogens is 2. The van der Waals surface area contributed by atoms with Crippen LogP contribution in [0.5, 0.6) is 0 Å². The molecule has 2 fully saturated rings.